The van der Waals surface area contributed by atoms with Crippen LogP contribution in [-0.4, -0.2) is 44.5 Å². The minimum Gasteiger partial charge on any atom is -0.494 e. The lowest BCUT2D eigenvalue weighted by Gasteiger charge is -2.22. The zero-order valence-corrected chi connectivity index (χ0v) is 14.9. The number of carboxylic acid groups (broad SMARTS) is 1. The van der Waals surface area contributed by atoms with Crippen LogP contribution in [-0.2, 0) is 6.67 Å². The number of rotatable bonds is 7. The summed E-state index contributed by atoms with van der Waals surface area (Å²) in [7, 11) is 1.52. The van der Waals surface area contributed by atoms with Crippen LogP contribution in [0.25, 0.3) is 5.69 Å². The predicted molar refractivity (Wildman–Crippen MR) is 98.6 cm³/mol. The Morgan fingerprint density at radius 3 is 2.48 bits per heavy atom. The van der Waals surface area contributed by atoms with Gasteiger partial charge in [0.2, 0.25) is 0 Å². The van der Waals surface area contributed by atoms with Gasteiger partial charge in [-0.3, -0.25) is 0 Å². The second-order valence-corrected chi connectivity index (χ2v) is 5.69. The van der Waals surface area contributed by atoms with Crippen molar-refractivity contribution in [1.82, 2.24) is 19.8 Å². The number of methoxy groups -OCH3 is 1. The zero-order chi connectivity index (χ0) is 19.4. The molecule has 0 amide bonds. The third kappa shape index (κ3) is 3.66. The average molecular weight is 369 g/mol. The molecule has 1 aromatic heterocycles. The van der Waals surface area contributed by atoms with Crippen molar-refractivity contribution in [2.75, 3.05) is 18.6 Å². The standard InChI is InChI=1S/C18H19N5O4/c1-3-21(14-10-8-13(9-11-14)17(24)25)12-22-18(26)23(20-19-22)15-6-4-5-7-16(15)27-2/h4-11H,3,12H2,1-2H3,(H,24,25). The van der Waals surface area contributed by atoms with Crippen molar-refractivity contribution < 1.29 is 14.6 Å². The van der Waals surface area contributed by atoms with Gasteiger partial charge in [-0.1, -0.05) is 12.1 Å². The lowest BCUT2D eigenvalue weighted by Crippen LogP contribution is -2.33. The molecule has 0 aliphatic rings. The van der Waals surface area contributed by atoms with Gasteiger partial charge in [0.1, 0.15) is 18.1 Å². The number of nitrogens with zero attached hydrogens (tertiary/aromatic N) is 5. The monoisotopic (exact) mass is 369 g/mol. The first kappa shape index (κ1) is 18.2. The molecule has 0 unspecified atom stereocenters. The van der Waals surface area contributed by atoms with Gasteiger partial charge in [0, 0.05) is 12.2 Å². The second-order valence-electron chi connectivity index (χ2n) is 5.69. The Labute approximate surface area is 155 Å². The normalized spacial score (nSPS) is 10.6. The van der Waals surface area contributed by atoms with E-state index in [2.05, 4.69) is 10.4 Å². The molecular formula is C18H19N5O4. The third-order valence-corrected chi connectivity index (χ3v) is 4.12. The highest BCUT2D eigenvalue weighted by molar-refractivity contribution is 5.88. The quantitative estimate of drug-likeness (QED) is 0.675. The molecule has 27 heavy (non-hydrogen) atoms. The molecule has 3 aromatic rings. The summed E-state index contributed by atoms with van der Waals surface area (Å²) >= 11 is 0. The number of aromatic carboxylic acids is 1. The van der Waals surface area contributed by atoms with Gasteiger partial charge in [0.05, 0.1) is 12.7 Å². The number of aromatic nitrogens is 4. The summed E-state index contributed by atoms with van der Waals surface area (Å²) in [6.45, 7) is 2.71. The third-order valence-electron chi connectivity index (χ3n) is 4.12. The molecular weight excluding hydrogens is 350 g/mol. The molecule has 0 spiro atoms. The highest BCUT2D eigenvalue weighted by atomic mass is 16.5. The lowest BCUT2D eigenvalue weighted by molar-refractivity contribution is 0.0697. The minimum absolute atomic E-state index is 0.177. The smallest absolute Gasteiger partial charge is 0.370 e. The number of para-hydroxylation sites is 2. The predicted octanol–water partition coefficient (Wildman–Crippen LogP) is 1.62. The van der Waals surface area contributed by atoms with E-state index < -0.39 is 11.7 Å². The van der Waals surface area contributed by atoms with Crippen LogP contribution in [0.5, 0.6) is 5.75 Å². The number of hydrogen-bond donors (Lipinski definition) is 1. The first-order valence-electron chi connectivity index (χ1n) is 8.29. The first-order chi connectivity index (χ1) is 13.0. The number of benzene rings is 2. The van der Waals surface area contributed by atoms with Crippen LogP contribution in [0, 0.1) is 0 Å². The van der Waals surface area contributed by atoms with Crippen LogP contribution in [0.3, 0.4) is 0 Å². The fourth-order valence-corrected chi connectivity index (χ4v) is 2.66. The molecule has 140 valence electrons. The lowest BCUT2D eigenvalue weighted by atomic mass is 10.2. The molecule has 9 nitrogen and oxygen atoms in total. The van der Waals surface area contributed by atoms with Crippen LogP contribution in [0.1, 0.15) is 17.3 Å². The molecule has 0 aliphatic carbocycles. The van der Waals surface area contributed by atoms with Gasteiger partial charge in [-0.2, -0.15) is 9.36 Å². The maximum atomic E-state index is 12.7. The topological polar surface area (TPSA) is 102 Å². The molecule has 2 aromatic carbocycles. The highest BCUT2D eigenvalue weighted by Gasteiger charge is 2.15. The van der Waals surface area contributed by atoms with E-state index in [4.69, 9.17) is 9.84 Å². The van der Waals surface area contributed by atoms with E-state index in [0.717, 1.165) is 5.69 Å². The van der Waals surface area contributed by atoms with Crippen LogP contribution < -0.4 is 15.3 Å². The van der Waals surface area contributed by atoms with Crippen molar-refractivity contribution in [2.24, 2.45) is 0 Å². The van der Waals surface area contributed by atoms with Gasteiger partial charge < -0.3 is 14.7 Å². The van der Waals surface area contributed by atoms with Crippen molar-refractivity contribution in [2.45, 2.75) is 13.6 Å². The minimum atomic E-state index is -0.986. The molecule has 0 aliphatic heterocycles. The molecule has 0 fully saturated rings. The van der Waals surface area contributed by atoms with Gasteiger partial charge in [-0.05, 0) is 53.7 Å². The molecule has 0 atom stereocenters. The first-order valence-corrected chi connectivity index (χ1v) is 8.29. The van der Waals surface area contributed by atoms with E-state index in [1.54, 1.807) is 36.4 Å². The van der Waals surface area contributed by atoms with E-state index in [1.165, 1.54) is 28.6 Å². The van der Waals surface area contributed by atoms with Crippen molar-refractivity contribution in [3.05, 3.63) is 64.6 Å². The summed E-state index contributed by atoms with van der Waals surface area (Å²) in [5, 5.41) is 16.9. The number of carboxylic acids is 1. The van der Waals surface area contributed by atoms with E-state index in [1.807, 2.05) is 11.8 Å². The van der Waals surface area contributed by atoms with Gasteiger partial charge >= 0.3 is 11.7 Å². The van der Waals surface area contributed by atoms with Crippen molar-refractivity contribution in [3.8, 4) is 11.4 Å². The number of hydrogen-bond acceptors (Lipinski definition) is 6. The summed E-state index contributed by atoms with van der Waals surface area (Å²) in [6, 6.07) is 13.5. The van der Waals surface area contributed by atoms with E-state index in [0.29, 0.717) is 18.0 Å². The number of anilines is 1. The second kappa shape index (κ2) is 7.73. The summed E-state index contributed by atoms with van der Waals surface area (Å²) in [5.74, 6) is -0.469. The van der Waals surface area contributed by atoms with Crippen LogP contribution in [0.4, 0.5) is 5.69 Å². The van der Waals surface area contributed by atoms with E-state index in [9.17, 15) is 9.59 Å². The van der Waals surface area contributed by atoms with Crippen molar-refractivity contribution >= 4 is 11.7 Å². The fourth-order valence-electron chi connectivity index (χ4n) is 2.66. The van der Waals surface area contributed by atoms with Crippen LogP contribution >= 0.6 is 0 Å². The van der Waals surface area contributed by atoms with Crippen molar-refractivity contribution in [1.29, 1.82) is 0 Å². The maximum absolute atomic E-state index is 12.7. The average Bonchev–Trinajstić information content (AvgIpc) is 3.06. The largest absolute Gasteiger partial charge is 0.494 e. The van der Waals surface area contributed by atoms with Gasteiger partial charge in [-0.15, -0.1) is 0 Å². The summed E-state index contributed by atoms with van der Waals surface area (Å²) in [6.07, 6.45) is 0. The van der Waals surface area contributed by atoms with E-state index in [-0.39, 0.29) is 12.2 Å². The van der Waals surface area contributed by atoms with Crippen LogP contribution in [0.15, 0.2) is 53.3 Å². The summed E-state index contributed by atoms with van der Waals surface area (Å²) < 4.78 is 7.69. The van der Waals surface area contributed by atoms with Crippen molar-refractivity contribution in [3.63, 3.8) is 0 Å². The molecule has 0 radical (unpaired) electrons. The number of tetrazole rings is 1. The number of carbonyl (C=O) groups is 1. The Kier molecular flexibility index (Phi) is 5.20. The molecule has 9 heteroatoms. The van der Waals surface area contributed by atoms with Gasteiger partial charge in [0.25, 0.3) is 0 Å². The fraction of sp³-hybridized carbons (Fsp3) is 0.222. The zero-order valence-electron chi connectivity index (χ0n) is 14.9. The van der Waals surface area contributed by atoms with Gasteiger partial charge in [0.15, 0.2) is 0 Å². The van der Waals surface area contributed by atoms with Gasteiger partial charge in [-0.25, -0.2) is 9.59 Å². The summed E-state index contributed by atoms with van der Waals surface area (Å²) in [4.78, 5) is 25.6. The Hall–Kier alpha value is -3.62. The molecule has 0 bridgehead atoms. The molecule has 0 saturated carbocycles. The Morgan fingerprint density at radius 2 is 1.85 bits per heavy atom. The Bertz CT molecular complexity index is 993. The molecule has 1 N–H and O–H groups in total. The molecule has 1 heterocycles. The molecule has 0 saturated heterocycles. The Morgan fingerprint density at radius 1 is 1.15 bits per heavy atom. The SMILES string of the molecule is CCN(Cn1nnn(-c2ccccc2OC)c1=O)c1ccc(C(=O)O)cc1. The van der Waals surface area contributed by atoms with E-state index >= 15 is 0 Å². The highest BCUT2D eigenvalue weighted by Crippen LogP contribution is 2.19. The Balaban J connectivity index is 1.88. The molecule has 3 rings (SSSR count). The summed E-state index contributed by atoms with van der Waals surface area (Å²) in [5.41, 5.74) is 1.08. The maximum Gasteiger partial charge on any atom is 0.370 e. The number of ether oxygens (including phenoxy) is 1. The van der Waals surface area contributed by atoms with Crippen LogP contribution in [0.2, 0.25) is 0 Å².